The fraction of sp³-hybridized carbons (Fsp3) is 0.700. The molecule has 1 aliphatic carbocycles. The lowest BCUT2D eigenvalue weighted by atomic mass is 9.93. The minimum Gasteiger partial charge on any atom is -0.414 e. The molecule has 0 unspecified atom stereocenters. The molecule has 0 bridgehead atoms. The van der Waals surface area contributed by atoms with Gasteiger partial charge in [-0.2, -0.15) is 13.2 Å². The summed E-state index contributed by atoms with van der Waals surface area (Å²) in [5.74, 6) is -1.26. The molecular formula is C20H29F6NO2Si. The van der Waals surface area contributed by atoms with Crippen LogP contribution in [0.4, 0.5) is 32.0 Å². The maximum Gasteiger partial charge on any atom is 0.573 e. The van der Waals surface area contributed by atoms with Crippen LogP contribution in [0.2, 0.25) is 18.1 Å². The molecule has 1 aliphatic rings. The lowest BCUT2D eigenvalue weighted by molar-refractivity contribution is -0.276. The van der Waals surface area contributed by atoms with Crippen LogP contribution in [-0.2, 0) is 10.6 Å². The van der Waals surface area contributed by atoms with E-state index in [1.165, 1.54) is 6.07 Å². The van der Waals surface area contributed by atoms with Crippen molar-refractivity contribution < 1.29 is 35.5 Å². The average Bonchev–Trinajstić information content (AvgIpc) is 2.54. The highest BCUT2D eigenvalue weighted by molar-refractivity contribution is 6.74. The summed E-state index contributed by atoms with van der Waals surface area (Å²) in [4.78, 5) is 0. The zero-order valence-electron chi connectivity index (χ0n) is 17.8. The molecule has 172 valence electrons. The molecule has 0 aliphatic heterocycles. The third-order valence-electron chi connectivity index (χ3n) is 5.82. The highest BCUT2D eigenvalue weighted by Crippen LogP contribution is 2.41. The third kappa shape index (κ3) is 6.80. The minimum absolute atomic E-state index is 0.0697. The number of nitrogens with one attached hydrogen (secondary N) is 1. The lowest BCUT2D eigenvalue weighted by Crippen LogP contribution is -2.45. The van der Waals surface area contributed by atoms with Crippen molar-refractivity contribution in [1.82, 2.24) is 0 Å². The second kappa shape index (κ2) is 8.61. The number of anilines is 1. The van der Waals surface area contributed by atoms with Crippen LogP contribution in [0, 0.1) is 0 Å². The van der Waals surface area contributed by atoms with E-state index in [0.29, 0.717) is 25.0 Å². The van der Waals surface area contributed by atoms with E-state index in [-0.39, 0.29) is 22.9 Å². The molecule has 10 heteroatoms. The smallest absolute Gasteiger partial charge is 0.414 e. The number of ether oxygens (including phenoxy) is 1. The summed E-state index contributed by atoms with van der Waals surface area (Å²) >= 11 is 0. The summed E-state index contributed by atoms with van der Waals surface area (Å²) in [6.07, 6.45) is -7.05. The highest BCUT2D eigenvalue weighted by Gasteiger charge is 2.41. The Hall–Kier alpha value is -1.42. The first-order valence-corrected chi connectivity index (χ1v) is 12.8. The van der Waals surface area contributed by atoms with E-state index in [1.807, 2.05) is 0 Å². The monoisotopic (exact) mass is 457 g/mol. The van der Waals surface area contributed by atoms with Gasteiger partial charge in [-0.25, -0.2) is 0 Å². The van der Waals surface area contributed by atoms with Gasteiger partial charge in [-0.1, -0.05) is 20.8 Å². The van der Waals surface area contributed by atoms with Crippen LogP contribution in [0.5, 0.6) is 5.75 Å². The molecule has 0 atom stereocenters. The first-order valence-electron chi connectivity index (χ1n) is 9.89. The predicted octanol–water partition coefficient (Wildman–Crippen LogP) is 7.35. The number of benzene rings is 1. The van der Waals surface area contributed by atoms with Crippen LogP contribution in [0.25, 0.3) is 0 Å². The van der Waals surface area contributed by atoms with Crippen molar-refractivity contribution in [2.24, 2.45) is 0 Å². The van der Waals surface area contributed by atoms with Crippen molar-refractivity contribution in [2.75, 3.05) is 5.32 Å². The Balaban J connectivity index is 2.03. The second-order valence-electron chi connectivity index (χ2n) is 9.25. The fourth-order valence-electron chi connectivity index (χ4n) is 3.21. The van der Waals surface area contributed by atoms with Crippen molar-refractivity contribution >= 4 is 14.0 Å². The number of halogens is 6. The summed E-state index contributed by atoms with van der Waals surface area (Å²) in [6.45, 7) is 10.9. The van der Waals surface area contributed by atoms with Crippen molar-refractivity contribution in [3.05, 3.63) is 23.8 Å². The van der Waals surface area contributed by atoms with Gasteiger partial charge in [-0.15, -0.1) is 13.2 Å². The molecule has 1 fully saturated rings. The lowest BCUT2D eigenvalue weighted by Gasteiger charge is -2.41. The molecule has 0 spiro atoms. The van der Waals surface area contributed by atoms with E-state index < -0.39 is 32.2 Å². The second-order valence-corrected chi connectivity index (χ2v) is 14.0. The molecule has 0 aromatic heterocycles. The minimum atomic E-state index is -5.20. The van der Waals surface area contributed by atoms with E-state index in [9.17, 15) is 26.3 Å². The van der Waals surface area contributed by atoms with Crippen molar-refractivity contribution in [3.8, 4) is 5.75 Å². The van der Waals surface area contributed by atoms with Gasteiger partial charge >= 0.3 is 12.5 Å². The molecule has 0 heterocycles. The Labute approximate surface area is 174 Å². The van der Waals surface area contributed by atoms with Gasteiger partial charge in [0.1, 0.15) is 5.75 Å². The number of hydrogen-bond acceptors (Lipinski definition) is 3. The maximum atomic E-state index is 13.2. The maximum absolute atomic E-state index is 13.2. The molecular weight excluding hydrogens is 428 g/mol. The van der Waals surface area contributed by atoms with Crippen LogP contribution >= 0.6 is 0 Å². The van der Waals surface area contributed by atoms with Gasteiger partial charge in [-0.3, -0.25) is 0 Å². The van der Waals surface area contributed by atoms with Gasteiger partial charge in [0.2, 0.25) is 0 Å². The van der Waals surface area contributed by atoms with Gasteiger partial charge in [-0.05, 0) is 62.0 Å². The largest absolute Gasteiger partial charge is 0.573 e. The molecule has 3 nitrogen and oxygen atoms in total. The zero-order chi connectivity index (χ0) is 23.0. The normalized spacial score (nSPS) is 21.4. The molecule has 1 aromatic rings. The van der Waals surface area contributed by atoms with E-state index >= 15 is 0 Å². The van der Waals surface area contributed by atoms with Crippen LogP contribution in [-0.4, -0.2) is 26.8 Å². The Morgan fingerprint density at radius 1 is 0.933 bits per heavy atom. The van der Waals surface area contributed by atoms with Gasteiger partial charge < -0.3 is 14.5 Å². The van der Waals surface area contributed by atoms with Crippen molar-refractivity contribution in [2.45, 2.75) is 89.3 Å². The van der Waals surface area contributed by atoms with Gasteiger partial charge in [0.05, 0.1) is 5.56 Å². The number of hydrogen-bond donors (Lipinski definition) is 1. The Morgan fingerprint density at radius 2 is 1.50 bits per heavy atom. The van der Waals surface area contributed by atoms with Crippen molar-refractivity contribution in [3.63, 3.8) is 0 Å². The molecule has 0 amide bonds. The Bertz CT molecular complexity index is 719. The SMILES string of the molecule is CC(C)(C)[Si](C)(C)OC1CCC(Nc2ccc(OC(F)(F)F)c(C(F)(F)F)c2)CC1. The quantitative estimate of drug-likeness (QED) is 0.370. The highest BCUT2D eigenvalue weighted by atomic mass is 28.4. The topological polar surface area (TPSA) is 30.5 Å². The van der Waals surface area contributed by atoms with Crippen molar-refractivity contribution in [1.29, 1.82) is 0 Å². The molecule has 0 saturated heterocycles. The summed E-state index contributed by atoms with van der Waals surface area (Å²) in [6, 6.07) is 2.47. The van der Waals surface area contributed by atoms with Gasteiger partial charge in [0, 0.05) is 17.8 Å². The first kappa shape index (κ1) is 24.8. The molecule has 2 rings (SSSR count). The van der Waals surface area contributed by atoms with Crippen LogP contribution < -0.4 is 10.1 Å². The van der Waals surface area contributed by atoms with E-state index in [4.69, 9.17) is 4.43 Å². The standard InChI is InChI=1S/C20H29F6NO2Si/c1-18(2,3)30(4,5)29-15-9-6-13(7-10-15)27-14-8-11-17(28-20(24,25)26)16(12-14)19(21,22)23/h8,11-13,15,27H,6-7,9-10H2,1-5H3. The van der Waals surface area contributed by atoms with Crippen LogP contribution in [0.1, 0.15) is 52.0 Å². The third-order valence-corrected chi connectivity index (χ3v) is 10.4. The number of alkyl halides is 6. The summed E-state index contributed by atoms with van der Waals surface area (Å²) in [5, 5.41) is 3.11. The van der Waals surface area contributed by atoms with E-state index in [2.05, 4.69) is 43.9 Å². The molecule has 0 radical (unpaired) electrons. The summed E-state index contributed by atoms with van der Waals surface area (Å²) in [5.41, 5.74) is -1.34. The average molecular weight is 458 g/mol. The zero-order valence-corrected chi connectivity index (χ0v) is 18.8. The molecule has 30 heavy (non-hydrogen) atoms. The van der Waals surface area contributed by atoms with Crippen LogP contribution in [0.15, 0.2) is 18.2 Å². The summed E-state index contributed by atoms with van der Waals surface area (Å²) < 4.78 is 86.7. The Morgan fingerprint density at radius 3 is 1.97 bits per heavy atom. The fourth-order valence-corrected chi connectivity index (χ4v) is 4.63. The first-order chi connectivity index (χ1) is 13.5. The van der Waals surface area contributed by atoms with Crippen LogP contribution in [0.3, 0.4) is 0 Å². The Kier molecular flexibility index (Phi) is 7.13. The molecule has 1 saturated carbocycles. The van der Waals surface area contributed by atoms with E-state index in [1.54, 1.807) is 0 Å². The van der Waals surface area contributed by atoms with E-state index in [0.717, 1.165) is 12.8 Å². The summed E-state index contributed by atoms with van der Waals surface area (Å²) in [7, 11) is -1.89. The van der Waals surface area contributed by atoms with Gasteiger partial charge in [0.25, 0.3) is 0 Å². The molecule has 1 N–H and O–H groups in total. The van der Waals surface area contributed by atoms with Gasteiger partial charge in [0.15, 0.2) is 8.32 Å². The number of rotatable bonds is 5. The molecule has 1 aromatic carbocycles. The predicted molar refractivity (Wildman–Crippen MR) is 106 cm³/mol.